The van der Waals surface area contributed by atoms with Gasteiger partial charge >= 0.3 is 6.09 Å². The summed E-state index contributed by atoms with van der Waals surface area (Å²) in [6.45, 7) is 0. The quantitative estimate of drug-likeness (QED) is 0.241. The highest BCUT2D eigenvalue weighted by atomic mass is 79.9. The van der Waals surface area contributed by atoms with Crippen LogP contribution in [0.1, 0.15) is 26.3 Å². The number of halogens is 3. The number of hydrogen-bond donors (Lipinski definition) is 3. The van der Waals surface area contributed by atoms with Crippen LogP contribution >= 0.6 is 15.9 Å². The smallest absolute Gasteiger partial charge is 0.413 e. The third kappa shape index (κ3) is 4.64. The van der Waals surface area contributed by atoms with Crippen molar-refractivity contribution in [2.75, 3.05) is 17.7 Å². The van der Waals surface area contributed by atoms with Gasteiger partial charge in [-0.05, 0) is 46.3 Å². The van der Waals surface area contributed by atoms with Crippen LogP contribution in [0.15, 0.2) is 59.1 Å². The molecule has 0 fully saturated rings. The lowest BCUT2D eigenvalue weighted by Crippen LogP contribution is -2.17. The van der Waals surface area contributed by atoms with Gasteiger partial charge in [0.2, 0.25) is 5.95 Å². The SMILES string of the molecule is COC(=O)Nc1nc2ccc(C(=O)c3ccccc3C(=O)Nc3cc(Br)c(F)cc3F)cc2[nH]1. The Hall–Kier alpha value is -4.12. The molecule has 0 aliphatic carbocycles. The Kier molecular flexibility index (Phi) is 6.37. The molecule has 1 heterocycles. The number of carbonyl (C=O) groups is 3. The first-order valence-electron chi connectivity index (χ1n) is 9.71. The molecule has 0 bridgehead atoms. The van der Waals surface area contributed by atoms with Gasteiger partial charge in [-0.15, -0.1) is 0 Å². The zero-order chi connectivity index (χ0) is 24.4. The molecular weight excluding hydrogens is 514 g/mol. The maximum Gasteiger partial charge on any atom is 0.413 e. The van der Waals surface area contributed by atoms with Crippen molar-refractivity contribution in [2.24, 2.45) is 0 Å². The molecule has 0 aliphatic heterocycles. The van der Waals surface area contributed by atoms with Gasteiger partial charge in [0.05, 0.1) is 33.9 Å². The van der Waals surface area contributed by atoms with E-state index in [4.69, 9.17) is 0 Å². The number of nitrogens with zero attached hydrogens (tertiary/aromatic N) is 1. The first kappa shape index (κ1) is 23.1. The van der Waals surface area contributed by atoms with Crippen LogP contribution in [0.3, 0.4) is 0 Å². The van der Waals surface area contributed by atoms with Gasteiger partial charge in [-0.25, -0.2) is 18.6 Å². The molecule has 0 saturated carbocycles. The van der Waals surface area contributed by atoms with Crippen LogP contribution in [0.4, 0.5) is 25.2 Å². The van der Waals surface area contributed by atoms with Gasteiger partial charge in [-0.3, -0.25) is 14.9 Å². The fraction of sp³-hybridized carbons (Fsp3) is 0.0435. The number of aromatic amines is 1. The molecule has 0 saturated heterocycles. The van der Waals surface area contributed by atoms with Crippen LogP contribution in [-0.4, -0.2) is 34.9 Å². The van der Waals surface area contributed by atoms with Gasteiger partial charge in [0, 0.05) is 17.2 Å². The van der Waals surface area contributed by atoms with Gasteiger partial charge in [0.15, 0.2) is 5.78 Å². The van der Waals surface area contributed by atoms with E-state index in [1.54, 1.807) is 18.2 Å². The Morgan fingerprint density at radius 1 is 0.971 bits per heavy atom. The minimum Gasteiger partial charge on any atom is -0.453 e. The molecule has 2 amide bonds. The van der Waals surface area contributed by atoms with E-state index in [-0.39, 0.29) is 32.8 Å². The van der Waals surface area contributed by atoms with E-state index in [1.807, 2.05) is 0 Å². The number of nitrogens with one attached hydrogen (secondary N) is 3. The highest BCUT2D eigenvalue weighted by Crippen LogP contribution is 2.25. The summed E-state index contributed by atoms with van der Waals surface area (Å²) >= 11 is 2.95. The Bertz CT molecular complexity index is 1450. The average Bonchev–Trinajstić information content (AvgIpc) is 3.23. The predicted octanol–water partition coefficient (Wildman–Crippen LogP) is 5.27. The normalized spacial score (nSPS) is 10.7. The number of hydrogen-bond acceptors (Lipinski definition) is 5. The number of ketones is 1. The molecule has 4 rings (SSSR count). The maximum atomic E-state index is 14.1. The largest absolute Gasteiger partial charge is 0.453 e. The molecule has 0 spiro atoms. The minimum absolute atomic E-state index is 0.00472. The van der Waals surface area contributed by atoms with Gasteiger partial charge in [-0.1, -0.05) is 18.2 Å². The molecule has 0 atom stereocenters. The summed E-state index contributed by atoms with van der Waals surface area (Å²) in [5.74, 6) is -2.85. The Labute approximate surface area is 199 Å². The molecule has 0 radical (unpaired) electrons. The van der Waals surface area contributed by atoms with Crippen molar-refractivity contribution in [3.63, 3.8) is 0 Å². The Morgan fingerprint density at radius 3 is 2.44 bits per heavy atom. The van der Waals surface area contributed by atoms with Crippen molar-refractivity contribution in [1.82, 2.24) is 9.97 Å². The number of H-pyrrole nitrogens is 1. The van der Waals surface area contributed by atoms with E-state index < -0.39 is 29.4 Å². The second-order valence-corrected chi connectivity index (χ2v) is 7.86. The van der Waals surface area contributed by atoms with E-state index >= 15 is 0 Å². The minimum atomic E-state index is -0.959. The standard InChI is InChI=1S/C23H15BrF2N4O4/c1-34-23(33)30-22-28-17-7-6-11(8-19(17)29-22)20(31)12-4-2-3-5-13(12)21(32)27-18-9-14(24)15(25)10-16(18)26/h2-10H,1H3,(H,27,32)(H2,28,29,30,33). The second kappa shape index (κ2) is 9.40. The van der Waals surface area contributed by atoms with Crippen LogP contribution in [-0.2, 0) is 4.74 Å². The lowest BCUT2D eigenvalue weighted by molar-refractivity contribution is 0.0996. The van der Waals surface area contributed by atoms with E-state index in [0.717, 1.165) is 6.07 Å². The first-order valence-corrected chi connectivity index (χ1v) is 10.5. The van der Waals surface area contributed by atoms with Crippen molar-refractivity contribution in [1.29, 1.82) is 0 Å². The summed E-state index contributed by atoms with van der Waals surface area (Å²) in [5.41, 5.74) is 1.05. The zero-order valence-corrected chi connectivity index (χ0v) is 19.0. The number of benzene rings is 3. The molecule has 0 unspecified atom stereocenters. The summed E-state index contributed by atoms with van der Waals surface area (Å²) in [6.07, 6.45) is -0.708. The topological polar surface area (TPSA) is 113 Å². The molecule has 3 N–H and O–H groups in total. The molecule has 4 aromatic rings. The van der Waals surface area contributed by atoms with Crippen molar-refractivity contribution in [2.45, 2.75) is 0 Å². The number of aromatic nitrogens is 2. The average molecular weight is 529 g/mol. The third-order valence-electron chi connectivity index (χ3n) is 4.82. The lowest BCUT2D eigenvalue weighted by atomic mass is 9.97. The monoisotopic (exact) mass is 528 g/mol. The summed E-state index contributed by atoms with van der Waals surface area (Å²) in [4.78, 5) is 44.5. The summed E-state index contributed by atoms with van der Waals surface area (Å²) in [5, 5.41) is 4.76. The van der Waals surface area contributed by atoms with Crippen molar-refractivity contribution >= 4 is 56.4 Å². The fourth-order valence-corrected chi connectivity index (χ4v) is 3.54. The molecule has 34 heavy (non-hydrogen) atoms. The number of fused-ring (bicyclic) bond motifs is 1. The van der Waals surface area contributed by atoms with Crippen LogP contribution in [0.25, 0.3) is 11.0 Å². The third-order valence-corrected chi connectivity index (χ3v) is 5.43. The van der Waals surface area contributed by atoms with Crippen molar-refractivity contribution in [3.8, 4) is 0 Å². The van der Waals surface area contributed by atoms with Crippen LogP contribution in [0.5, 0.6) is 0 Å². The van der Waals surface area contributed by atoms with E-state index in [9.17, 15) is 23.2 Å². The van der Waals surface area contributed by atoms with E-state index in [0.29, 0.717) is 17.1 Å². The molecule has 8 nitrogen and oxygen atoms in total. The van der Waals surface area contributed by atoms with Gasteiger partial charge in [0.1, 0.15) is 11.6 Å². The molecule has 1 aromatic heterocycles. The van der Waals surface area contributed by atoms with Crippen LogP contribution in [0, 0.1) is 11.6 Å². The number of rotatable bonds is 5. The molecule has 0 aliphatic rings. The Morgan fingerprint density at radius 2 is 1.71 bits per heavy atom. The summed E-state index contributed by atoms with van der Waals surface area (Å²) in [6, 6.07) is 12.4. The van der Waals surface area contributed by atoms with Crippen molar-refractivity contribution in [3.05, 3.63) is 87.4 Å². The summed E-state index contributed by atoms with van der Waals surface area (Å²) in [7, 11) is 1.21. The first-order chi connectivity index (χ1) is 16.3. The van der Waals surface area contributed by atoms with Crippen LogP contribution < -0.4 is 10.6 Å². The predicted molar refractivity (Wildman–Crippen MR) is 124 cm³/mol. The number of methoxy groups -OCH3 is 1. The fourth-order valence-electron chi connectivity index (χ4n) is 3.20. The zero-order valence-electron chi connectivity index (χ0n) is 17.4. The highest BCUT2D eigenvalue weighted by Gasteiger charge is 2.20. The Balaban J connectivity index is 1.63. The number of imidazole rings is 1. The number of ether oxygens (including phenoxy) is 1. The van der Waals surface area contributed by atoms with E-state index in [1.165, 1.54) is 31.4 Å². The number of carbonyl (C=O) groups excluding carboxylic acids is 3. The number of amides is 2. The second-order valence-electron chi connectivity index (χ2n) is 7.01. The van der Waals surface area contributed by atoms with Gasteiger partial charge in [0.25, 0.3) is 5.91 Å². The molecule has 11 heteroatoms. The highest BCUT2D eigenvalue weighted by molar-refractivity contribution is 9.10. The number of anilines is 2. The van der Waals surface area contributed by atoms with Crippen molar-refractivity contribution < 1.29 is 27.9 Å². The molecule has 3 aromatic carbocycles. The van der Waals surface area contributed by atoms with Crippen LogP contribution in [0.2, 0.25) is 0 Å². The molecule has 172 valence electrons. The van der Waals surface area contributed by atoms with Gasteiger partial charge < -0.3 is 15.0 Å². The summed E-state index contributed by atoms with van der Waals surface area (Å²) < 4.78 is 32.1. The van der Waals surface area contributed by atoms with Gasteiger partial charge in [-0.2, -0.15) is 0 Å². The lowest BCUT2D eigenvalue weighted by Gasteiger charge is -2.11. The van der Waals surface area contributed by atoms with E-state index in [2.05, 4.69) is 41.3 Å². The maximum absolute atomic E-state index is 14.1. The molecular formula is C23H15BrF2N4O4.